The molecular formula is C19H23N5O3. The van der Waals surface area contributed by atoms with Crippen molar-refractivity contribution in [3.8, 4) is 5.75 Å². The maximum absolute atomic E-state index is 11.8. The Bertz CT molecular complexity index is 804. The first kappa shape index (κ1) is 19.9. The number of rotatable bonds is 8. The molecule has 0 saturated carbocycles. The van der Waals surface area contributed by atoms with Gasteiger partial charge in [-0.15, -0.1) is 0 Å². The fraction of sp³-hybridized carbons (Fsp3) is 0.263. The van der Waals surface area contributed by atoms with E-state index in [-0.39, 0.29) is 18.2 Å². The second kappa shape index (κ2) is 9.91. The lowest BCUT2D eigenvalue weighted by Crippen LogP contribution is -2.34. The van der Waals surface area contributed by atoms with E-state index in [0.29, 0.717) is 11.1 Å². The quantitative estimate of drug-likeness (QED) is 0.483. The Morgan fingerprint density at radius 3 is 2.52 bits per heavy atom. The molecule has 142 valence electrons. The van der Waals surface area contributed by atoms with Crippen molar-refractivity contribution in [2.24, 2.45) is 5.10 Å². The monoisotopic (exact) mass is 369 g/mol. The number of carbonyl (C=O) groups is 2. The Hall–Kier alpha value is -3.42. The molecule has 2 amide bonds. The van der Waals surface area contributed by atoms with Crippen molar-refractivity contribution < 1.29 is 14.7 Å². The molecule has 0 aliphatic rings. The van der Waals surface area contributed by atoms with E-state index >= 15 is 0 Å². The van der Waals surface area contributed by atoms with Gasteiger partial charge in [-0.1, -0.05) is 0 Å². The number of carbonyl (C=O) groups excluding carboxylic acids is 2. The minimum Gasteiger partial charge on any atom is -0.507 e. The molecule has 3 N–H and O–H groups in total. The van der Waals surface area contributed by atoms with Gasteiger partial charge in [0.25, 0.3) is 11.8 Å². The first-order chi connectivity index (χ1) is 13.0. The third kappa shape index (κ3) is 5.81. The molecule has 8 heteroatoms. The number of hydrazone groups is 1. The van der Waals surface area contributed by atoms with E-state index in [4.69, 9.17) is 0 Å². The molecule has 0 saturated heterocycles. The first-order valence-electron chi connectivity index (χ1n) is 8.63. The lowest BCUT2D eigenvalue weighted by atomic mass is 10.2. The van der Waals surface area contributed by atoms with Crippen molar-refractivity contribution in [2.45, 2.75) is 13.8 Å². The van der Waals surface area contributed by atoms with Gasteiger partial charge in [-0.05, 0) is 38.1 Å². The molecule has 1 aromatic carbocycles. The van der Waals surface area contributed by atoms with Crippen LogP contribution in [0.1, 0.15) is 29.8 Å². The molecule has 1 heterocycles. The molecule has 0 aliphatic carbocycles. The zero-order valence-electron chi connectivity index (χ0n) is 15.3. The summed E-state index contributed by atoms with van der Waals surface area (Å²) in [6, 6.07) is 8.37. The molecular weight excluding hydrogens is 346 g/mol. The second-order valence-corrected chi connectivity index (χ2v) is 5.63. The Kier molecular flexibility index (Phi) is 7.30. The van der Waals surface area contributed by atoms with E-state index in [0.717, 1.165) is 18.8 Å². The maximum atomic E-state index is 11.8. The van der Waals surface area contributed by atoms with Gasteiger partial charge in [0.2, 0.25) is 0 Å². The van der Waals surface area contributed by atoms with Crippen molar-refractivity contribution in [3.05, 3.63) is 53.9 Å². The molecule has 0 fully saturated rings. The molecule has 0 spiro atoms. The number of nitrogens with zero attached hydrogens (tertiary/aromatic N) is 3. The zero-order chi connectivity index (χ0) is 19.6. The van der Waals surface area contributed by atoms with Gasteiger partial charge in [-0.3, -0.25) is 14.6 Å². The number of aromatic hydroxyl groups is 1. The van der Waals surface area contributed by atoms with Crippen LogP contribution in [0.2, 0.25) is 0 Å². The van der Waals surface area contributed by atoms with Crippen LogP contribution in [0.4, 0.5) is 5.69 Å². The van der Waals surface area contributed by atoms with Crippen LogP contribution in [-0.2, 0) is 4.79 Å². The van der Waals surface area contributed by atoms with Gasteiger partial charge in [0.05, 0.1) is 12.8 Å². The molecule has 2 aromatic rings. The highest BCUT2D eigenvalue weighted by Crippen LogP contribution is 2.23. The molecule has 0 bridgehead atoms. The van der Waals surface area contributed by atoms with Gasteiger partial charge >= 0.3 is 0 Å². The number of hydrogen-bond acceptors (Lipinski definition) is 6. The summed E-state index contributed by atoms with van der Waals surface area (Å²) in [7, 11) is 0. The number of pyridine rings is 1. The van der Waals surface area contributed by atoms with Crippen molar-refractivity contribution >= 4 is 23.7 Å². The summed E-state index contributed by atoms with van der Waals surface area (Å²) in [5.41, 5.74) is 4.12. The van der Waals surface area contributed by atoms with Crippen LogP contribution >= 0.6 is 0 Å². The topological polar surface area (TPSA) is 107 Å². The van der Waals surface area contributed by atoms with Crippen LogP contribution < -0.4 is 15.6 Å². The van der Waals surface area contributed by atoms with Crippen LogP contribution in [0.25, 0.3) is 0 Å². The zero-order valence-corrected chi connectivity index (χ0v) is 15.3. The summed E-state index contributed by atoms with van der Waals surface area (Å²) >= 11 is 0. The van der Waals surface area contributed by atoms with Gasteiger partial charge in [0, 0.05) is 48.4 Å². The SMILES string of the molecule is CCN(CC)c1ccc(/C=N/NC(=O)CNC(=O)c2ccncc2)c(O)c1. The Balaban J connectivity index is 1.86. The van der Waals surface area contributed by atoms with E-state index < -0.39 is 5.91 Å². The Morgan fingerprint density at radius 2 is 1.89 bits per heavy atom. The fourth-order valence-electron chi connectivity index (χ4n) is 2.41. The van der Waals surface area contributed by atoms with Crippen LogP contribution in [0.3, 0.4) is 0 Å². The third-order valence-electron chi connectivity index (χ3n) is 3.89. The van der Waals surface area contributed by atoms with Gasteiger partial charge in [-0.2, -0.15) is 5.10 Å². The van der Waals surface area contributed by atoms with Gasteiger partial charge in [0.1, 0.15) is 5.75 Å². The van der Waals surface area contributed by atoms with E-state index in [9.17, 15) is 14.7 Å². The predicted octanol–water partition coefficient (Wildman–Crippen LogP) is 1.51. The number of hydrogen-bond donors (Lipinski definition) is 3. The van der Waals surface area contributed by atoms with E-state index in [1.54, 1.807) is 24.3 Å². The highest BCUT2D eigenvalue weighted by atomic mass is 16.3. The molecule has 1 aromatic heterocycles. The Morgan fingerprint density at radius 1 is 1.19 bits per heavy atom. The summed E-state index contributed by atoms with van der Waals surface area (Å²) in [5, 5.41) is 16.4. The predicted molar refractivity (Wildman–Crippen MR) is 104 cm³/mol. The lowest BCUT2D eigenvalue weighted by Gasteiger charge is -2.21. The Labute approximate surface area is 157 Å². The lowest BCUT2D eigenvalue weighted by molar-refractivity contribution is -0.120. The number of amides is 2. The number of phenolic OH excluding ortho intramolecular Hbond substituents is 1. The standard InChI is InChI=1S/C19H23N5O3/c1-3-24(4-2)16-6-5-15(17(25)11-16)12-22-23-18(26)13-21-19(27)14-7-9-20-10-8-14/h5-12,25H,3-4,13H2,1-2H3,(H,21,27)(H,23,26)/b22-12+. The van der Waals surface area contributed by atoms with Crippen LogP contribution in [0.5, 0.6) is 5.75 Å². The number of phenols is 1. The van der Waals surface area contributed by atoms with Crippen molar-refractivity contribution in [1.29, 1.82) is 0 Å². The summed E-state index contributed by atoms with van der Waals surface area (Å²) in [6.45, 7) is 5.54. The van der Waals surface area contributed by atoms with Crippen LogP contribution in [-0.4, -0.2) is 47.8 Å². The van der Waals surface area contributed by atoms with E-state index in [1.807, 2.05) is 19.9 Å². The normalized spacial score (nSPS) is 10.6. The number of benzene rings is 1. The average molecular weight is 369 g/mol. The van der Waals surface area contributed by atoms with Crippen LogP contribution in [0.15, 0.2) is 47.8 Å². The van der Waals surface area contributed by atoms with Gasteiger partial charge in [-0.25, -0.2) is 5.43 Å². The van der Waals surface area contributed by atoms with Gasteiger partial charge in [0.15, 0.2) is 0 Å². The molecule has 2 rings (SSSR count). The molecule has 27 heavy (non-hydrogen) atoms. The summed E-state index contributed by atoms with van der Waals surface area (Å²) in [6.07, 6.45) is 4.35. The smallest absolute Gasteiger partial charge is 0.259 e. The van der Waals surface area contributed by atoms with E-state index in [1.165, 1.54) is 18.6 Å². The van der Waals surface area contributed by atoms with Crippen molar-refractivity contribution in [2.75, 3.05) is 24.5 Å². The highest BCUT2D eigenvalue weighted by Gasteiger charge is 2.08. The molecule has 0 atom stereocenters. The number of nitrogens with one attached hydrogen (secondary N) is 2. The minimum absolute atomic E-state index is 0.0726. The molecule has 0 aliphatic heterocycles. The summed E-state index contributed by atoms with van der Waals surface area (Å²) in [4.78, 5) is 29.5. The third-order valence-corrected chi connectivity index (χ3v) is 3.89. The minimum atomic E-state index is -0.479. The fourth-order valence-corrected chi connectivity index (χ4v) is 2.41. The highest BCUT2D eigenvalue weighted by molar-refractivity contribution is 5.96. The van der Waals surface area contributed by atoms with Gasteiger partial charge < -0.3 is 15.3 Å². The average Bonchev–Trinajstić information content (AvgIpc) is 2.69. The molecule has 0 unspecified atom stereocenters. The number of aromatic nitrogens is 1. The largest absolute Gasteiger partial charge is 0.507 e. The van der Waals surface area contributed by atoms with Crippen LogP contribution in [0, 0.1) is 0 Å². The van der Waals surface area contributed by atoms with Crippen molar-refractivity contribution in [3.63, 3.8) is 0 Å². The molecule has 0 radical (unpaired) electrons. The summed E-state index contributed by atoms with van der Waals surface area (Å²) < 4.78 is 0. The summed E-state index contributed by atoms with van der Waals surface area (Å²) in [5.74, 6) is -0.780. The number of anilines is 1. The van der Waals surface area contributed by atoms with Crippen molar-refractivity contribution in [1.82, 2.24) is 15.7 Å². The molecule has 8 nitrogen and oxygen atoms in total. The first-order valence-corrected chi connectivity index (χ1v) is 8.63. The second-order valence-electron chi connectivity index (χ2n) is 5.63. The van der Waals surface area contributed by atoms with E-state index in [2.05, 4.69) is 25.7 Å². The maximum Gasteiger partial charge on any atom is 0.259 e.